The molecule has 1 aromatic rings. The molecule has 6 heteroatoms. The summed E-state index contributed by atoms with van der Waals surface area (Å²) in [6.07, 6.45) is 1.14. The number of aliphatic imine (C=N–C) groups is 1. The van der Waals surface area contributed by atoms with Crippen molar-refractivity contribution in [2.75, 3.05) is 0 Å². The van der Waals surface area contributed by atoms with Crippen LogP contribution in [0.15, 0.2) is 29.3 Å². The van der Waals surface area contributed by atoms with Gasteiger partial charge in [-0.1, -0.05) is 48.5 Å². The Balaban J connectivity index is 1.97. The maximum Gasteiger partial charge on any atom is 0.252 e. The predicted molar refractivity (Wildman–Crippen MR) is 74.5 cm³/mol. The molecule has 0 saturated carbocycles. The topological polar surface area (TPSA) is 55.6 Å². The molecule has 0 bridgehead atoms. The van der Waals surface area contributed by atoms with E-state index < -0.39 is 0 Å². The number of carbonyl (C=O) groups excluding carboxylic acids is 1. The van der Waals surface area contributed by atoms with E-state index in [0.717, 1.165) is 12.0 Å². The molecule has 4 nitrogen and oxygen atoms in total. The van der Waals surface area contributed by atoms with E-state index in [4.69, 9.17) is 11.6 Å². The highest BCUT2D eigenvalue weighted by molar-refractivity contribution is 8.14. The van der Waals surface area contributed by atoms with Gasteiger partial charge >= 0.3 is 0 Å². The molecule has 1 aliphatic heterocycles. The SMILES string of the molecule is CCC1N[N]C(=NC(=O)Cc2ccccc2Cl)S1. The lowest BCUT2D eigenvalue weighted by atomic mass is 10.1. The molecule has 1 aliphatic rings. The van der Waals surface area contributed by atoms with Crippen molar-refractivity contribution in [3.05, 3.63) is 34.9 Å². The molecule has 0 spiro atoms. The Morgan fingerprint density at radius 3 is 3.00 bits per heavy atom. The number of nitrogens with one attached hydrogen (secondary N) is 1. The highest BCUT2D eigenvalue weighted by Gasteiger charge is 2.21. The molecule has 1 unspecified atom stereocenters. The van der Waals surface area contributed by atoms with Crippen molar-refractivity contribution >= 4 is 34.4 Å². The molecule has 0 aromatic heterocycles. The molecule has 1 amide bonds. The summed E-state index contributed by atoms with van der Waals surface area (Å²) in [6.45, 7) is 2.05. The van der Waals surface area contributed by atoms with Crippen LogP contribution in [0.4, 0.5) is 0 Å². The molecule has 1 heterocycles. The van der Waals surface area contributed by atoms with Gasteiger partial charge in [0.15, 0.2) is 0 Å². The third-order valence-corrected chi connectivity index (χ3v) is 3.93. The smallest absolute Gasteiger partial charge is 0.252 e. The minimum absolute atomic E-state index is 0.204. The van der Waals surface area contributed by atoms with Gasteiger partial charge in [0.1, 0.15) is 0 Å². The summed E-state index contributed by atoms with van der Waals surface area (Å²) in [5.41, 5.74) is 7.71. The van der Waals surface area contributed by atoms with E-state index in [1.54, 1.807) is 6.07 Å². The second kappa shape index (κ2) is 6.22. The number of nitrogens with zero attached hydrogens (tertiary/aromatic N) is 2. The Hall–Kier alpha value is -1.04. The van der Waals surface area contributed by atoms with Gasteiger partial charge in [0.25, 0.3) is 5.91 Å². The van der Waals surface area contributed by atoms with E-state index in [0.29, 0.717) is 10.2 Å². The normalized spacial score (nSPS) is 21.0. The lowest BCUT2D eigenvalue weighted by Gasteiger charge is -2.00. The number of hydrogen-bond donors (Lipinski definition) is 1. The summed E-state index contributed by atoms with van der Waals surface area (Å²) in [5, 5.41) is 1.31. The number of amidine groups is 1. The largest absolute Gasteiger partial charge is 0.272 e. The average Bonchev–Trinajstić information content (AvgIpc) is 2.80. The van der Waals surface area contributed by atoms with E-state index >= 15 is 0 Å². The van der Waals surface area contributed by atoms with Crippen molar-refractivity contribution in [3.8, 4) is 0 Å². The quantitative estimate of drug-likeness (QED) is 0.926. The van der Waals surface area contributed by atoms with Gasteiger partial charge in [-0.2, -0.15) is 15.8 Å². The molecule has 1 radical (unpaired) electrons. The molecular weight excluding hydrogens is 270 g/mol. The minimum Gasteiger partial charge on any atom is -0.272 e. The van der Waals surface area contributed by atoms with Crippen LogP contribution in [0.3, 0.4) is 0 Å². The van der Waals surface area contributed by atoms with Gasteiger partial charge in [0.05, 0.1) is 11.8 Å². The summed E-state index contributed by atoms with van der Waals surface area (Å²) < 4.78 is 0. The highest BCUT2D eigenvalue weighted by Crippen LogP contribution is 2.19. The summed E-state index contributed by atoms with van der Waals surface area (Å²) in [6, 6.07) is 7.28. The first-order chi connectivity index (χ1) is 8.69. The molecule has 1 aromatic carbocycles. The molecule has 18 heavy (non-hydrogen) atoms. The second-order valence-electron chi connectivity index (χ2n) is 3.81. The van der Waals surface area contributed by atoms with E-state index in [1.807, 2.05) is 18.2 Å². The van der Waals surface area contributed by atoms with Crippen LogP contribution in [0.1, 0.15) is 18.9 Å². The van der Waals surface area contributed by atoms with Crippen molar-refractivity contribution in [2.45, 2.75) is 25.1 Å². The van der Waals surface area contributed by atoms with Gasteiger partial charge in [-0.05, 0) is 18.1 Å². The maximum absolute atomic E-state index is 11.8. The number of thioether (sulfide) groups is 1. The monoisotopic (exact) mass is 282 g/mol. The predicted octanol–water partition coefficient (Wildman–Crippen LogP) is 2.36. The van der Waals surface area contributed by atoms with Crippen molar-refractivity contribution in [1.29, 1.82) is 0 Å². The number of halogens is 1. The van der Waals surface area contributed by atoms with E-state index in [-0.39, 0.29) is 17.7 Å². The van der Waals surface area contributed by atoms with Crippen molar-refractivity contribution in [2.24, 2.45) is 4.99 Å². The minimum atomic E-state index is -0.229. The van der Waals surface area contributed by atoms with Crippen molar-refractivity contribution in [1.82, 2.24) is 10.9 Å². The van der Waals surface area contributed by atoms with Crippen LogP contribution in [-0.2, 0) is 11.2 Å². The van der Waals surface area contributed by atoms with Crippen LogP contribution in [0.5, 0.6) is 0 Å². The van der Waals surface area contributed by atoms with E-state index in [9.17, 15) is 4.79 Å². The Morgan fingerprint density at radius 1 is 1.56 bits per heavy atom. The molecule has 1 saturated heterocycles. The van der Waals surface area contributed by atoms with E-state index in [2.05, 4.69) is 22.8 Å². The van der Waals surface area contributed by atoms with Gasteiger partial charge < -0.3 is 0 Å². The van der Waals surface area contributed by atoms with Crippen molar-refractivity contribution < 1.29 is 4.79 Å². The first-order valence-electron chi connectivity index (χ1n) is 5.67. The Bertz CT molecular complexity index is 478. The lowest BCUT2D eigenvalue weighted by Crippen LogP contribution is -2.24. The number of amides is 1. The second-order valence-corrected chi connectivity index (χ2v) is 5.39. The van der Waals surface area contributed by atoms with Gasteiger partial charge in [-0.3, -0.25) is 4.79 Å². The third-order valence-electron chi connectivity index (χ3n) is 2.44. The molecule has 1 N–H and O–H groups in total. The zero-order chi connectivity index (χ0) is 13.0. The van der Waals surface area contributed by atoms with Gasteiger partial charge in [-0.25, -0.2) is 0 Å². The number of hydrogen-bond acceptors (Lipinski definition) is 3. The number of benzene rings is 1. The fourth-order valence-corrected chi connectivity index (χ4v) is 2.47. The zero-order valence-corrected chi connectivity index (χ0v) is 11.5. The van der Waals surface area contributed by atoms with Crippen LogP contribution >= 0.6 is 23.4 Å². The number of carbonyl (C=O) groups is 1. The van der Waals surface area contributed by atoms with Crippen LogP contribution in [-0.4, -0.2) is 16.4 Å². The molecule has 1 atom stereocenters. The van der Waals surface area contributed by atoms with Crippen LogP contribution in [0, 0.1) is 0 Å². The molecule has 1 fully saturated rings. The first-order valence-corrected chi connectivity index (χ1v) is 6.92. The summed E-state index contributed by atoms with van der Waals surface area (Å²) >= 11 is 7.46. The summed E-state index contributed by atoms with van der Waals surface area (Å²) in [5.74, 6) is -0.229. The Labute approximate surface area is 115 Å². The molecule has 95 valence electrons. The first kappa shape index (κ1) is 13.4. The van der Waals surface area contributed by atoms with Crippen LogP contribution in [0.2, 0.25) is 5.02 Å². The van der Waals surface area contributed by atoms with Gasteiger partial charge in [0.2, 0.25) is 5.17 Å². The summed E-state index contributed by atoms with van der Waals surface area (Å²) in [4.78, 5) is 15.7. The zero-order valence-electron chi connectivity index (χ0n) is 9.89. The highest BCUT2D eigenvalue weighted by atomic mass is 35.5. The standard InChI is InChI=1S/C12H13ClN3OS/c1-2-11-15-16-12(18-11)14-10(17)7-8-5-3-4-6-9(8)13/h3-6,11,15H,2,7H2,1H3. The fourth-order valence-electron chi connectivity index (χ4n) is 1.48. The van der Waals surface area contributed by atoms with Crippen LogP contribution in [0.25, 0.3) is 0 Å². The Morgan fingerprint density at radius 2 is 2.33 bits per heavy atom. The maximum atomic E-state index is 11.8. The van der Waals surface area contributed by atoms with Crippen molar-refractivity contribution in [3.63, 3.8) is 0 Å². The third kappa shape index (κ3) is 3.48. The lowest BCUT2D eigenvalue weighted by molar-refractivity contribution is -0.117. The van der Waals surface area contributed by atoms with Gasteiger partial charge in [0, 0.05) is 5.02 Å². The van der Waals surface area contributed by atoms with Gasteiger partial charge in [-0.15, -0.1) is 0 Å². The molecular formula is C12H13ClN3OS. The fraction of sp³-hybridized carbons (Fsp3) is 0.333. The van der Waals surface area contributed by atoms with Crippen LogP contribution < -0.4 is 10.9 Å². The molecule has 0 aliphatic carbocycles. The Kier molecular flexibility index (Phi) is 4.63. The molecule has 2 rings (SSSR count). The average molecular weight is 283 g/mol. The number of rotatable bonds is 3. The summed E-state index contributed by atoms with van der Waals surface area (Å²) in [7, 11) is 0. The van der Waals surface area contributed by atoms with E-state index in [1.165, 1.54) is 11.8 Å².